The zero-order valence-electron chi connectivity index (χ0n) is 2.99. The SMILES string of the molecule is CC(=S)CI. The maximum absolute atomic E-state index is 4.69. The van der Waals surface area contributed by atoms with E-state index in [1.165, 1.54) is 0 Å². The van der Waals surface area contributed by atoms with Crippen molar-refractivity contribution in [2.24, 2.45) is 0 Å². The highest BCUT2D eigenvalue weighted by Crippen LogP contribution is 1.82. The second kappa shape index (κ2) is 3.03. The summed E-state index contributed by atoms with van der Waals surface area (Å²) in [6.07, 6.45) is 0. The molecule has 0 aromatic rings. The Kier molecular flexibility index (Phi) is 3.52. The summed E-state index contributed by atoms with van der Waals surface area (Å²) in [4.78, 5) is 1.07. The predicted octanol–water partition coefficient (Wildman–Crippen LogP) is 1.81. The van der Waals surface area contributed by atoms with Crippen molar-refractivity contribution in [2.45, 2.75) is 6.92 Å². The molecule has 0 nitrogen and oxygen atoms in total. The zero-order valence-corrected chi connectivity index (χ0v) is 5.97. The Balaban J connectivity index is 2.85. The molecule has 0 aliphatic carbocycles. The summed E-state index contributed by atoms with van der Waals surface area (Å²) in [7, 11) is 0. The second-order valence-electron chi connectivity index (χ2n) is 0.836. The van der Waals surface area contributed by atoms with Crippen LogP contribution >= 0.6 is 34.8 Å². The molecule has 0 saturated heterocycles. The Labute approximate surface area is 51.1 Å². The number of thiocarbonyl (C=S) groups is 1. The molecule has 0 bridgehead atoms. The Hall–Kier alpha value is 0.820. The molecule has 0 aliphatic rings. The average Bonchev–Trinajstić information content (AvgIpc) is 1.38. The first kappa shape index (κ1) is 5.82. The fraction of sp³-hybridized carbons (Fsp3) is 0.667. The fourth-order valence-electron chi connectivity index (χ4n) is 0. The molecular weight excluding hydrogens is 195 g/mol. The van der Waals surface area contributed by atoms with E-state index in [-0.39, 0.29) is 0 Å². The van der Waals surface area contributed by atoms with Gasteiger partial charge in [0.1, 0.15) is 0 Å². The summed E-state index contributed by atoms with van der Waals surface area (Å²) >= 11 is 6.93. The lowest BCUT2D eigenvalue weighted by Gasteiger charge is -1.74. The second-order valence-corrected chi connectivity index (χ2v) is 2.30. The van der Waals surface area contributed by atoms with E-state index in [4.69, 9.17) is 0 Å². The normalized spacial score (nSPS) is 7.60. The first-order valence-electron chi connectivity index (χ1n) is 1.32. The number of halogens is 1. The minimum atomic E-state index is 1.01. The van der Waals surface area contributed by atoms with Crippen LogP contribution in [0.5, 0.6) is 0 Å². The lowest BCUT2D eigenvalue weighted by molar-refractivity contribution is 1.91. The van der Waals surface area contributed by atoms with Gasteiger partial charge in [-0.15, -0.1) is 0 Å². The number of rotatable bonds is 1. The molecule has 0 aliphatic heterocycles. The van der Waals surface area contributed by atoms with Gasteiger partial charge in [0.05, 0.1) is 0 Å². The Morgan fingerprint density at radius 3 is 2.20 bits per heavy atom. The van der Waals surface area contributed by atoms with Crippen molar-refractivity contribution in [1.82, 2.24) is 0 Å². The monoisotopic (exact) mass is 200 g/mol. The Bertz CT molecular complexity index is 42.2. The van der Waals surface area contributed by atoms with E-state index in [1.54, 1.807) is 0 Å². The van der Waals surface area contributed by atoms with Gasteiger partial charge in [0.15, 0.2) is 0 Å². The third-order valence-electron chi connectivity index (χ3n) is 0.188. The molecule has 0 aromatic heterocycles. The van der Waals surface area contributed by atoms with Gasteiger partial charge in [0.25, 0.3) is 0 Å². The van der Waals surface area contributed by atoms with Crippen LogP contribution in [-0.2, 0) is 0 Å². The summed E-state index contributed by atoms with van der Waals surface area (Å²) in [6.45, 7) is 1.95. The van der Waals surface area contributed by atoms with Crippen LogP contribution in [0, 0.1) is 0 Å². The molecular formula is C3H5IS. The average molecular weight is 200 g/mol. The molecule has 0 amide bonds. The largest absolute Gasteiger partial charge is 0.0892 e. The molecule has 0 spiro atoms. The fourth-order valence-corrected chi connectivity index (χ4v) is 0. The van der Waals surface area contributed by atoms with E-state index in [2.05, 4.69) is 34.8 Å². The van der Waals surface area contributed by atoms with Crippen LogP contribution in [0.25, 0.3) is 0 Å². The molecule has 0 N–H and O–H groups in total. The standard InChI is InChI=1S/C3H5IS/c1-3(5)2-4/h2H2,1H3. The molecule has 5 heavy (non-hydrogen) atoms. The molecule has 30 valence electrons. The minimum absolute atomic E-state index is 1.01. The van der Waals surface area contributed by atoms with Gasteiger partial charge in [-0.2, -0.15) is 0 Å². The van der Waals surface area contributed by atoms with Crippen LogP contribution in [0.1, 0.15) is 6.92 Å². The van der Waals surface area contributed by atoms with Crippen molar-refractivity contribution >= 4 is 39.7 Å². The molecule has 2 heteroatoms. The molecule has 0 rings (SSSR count). The van der Waals surface area contributed by atoms with Gasteiger partial charge in [-0.3, -0.25) is 0 Å². The predicted molar refractivity (Wildman–Crippen MR) is 37.2 cm³/mol. The van der Waals surface area contributed by atoms with Crippen molar-refractivity contribution in [3.8, 4) is 0 Å². The van der Waals surface area contributed by atoms with Gasteiger partial charge < -0.3 is 0 Å². The van der Waals surface area contributed by atoms with E-state index < -0.39 is 0 Å². The quantitative estimate of drug-likeness (QED) is 0.353. The van der Waals surface area contributed by atoms with Crippen LogP contribution in [-0.4, -0.2) is 9.29 Å². The molecule has 0 atom stereocenters. The lowest BCUT2D eigenvalue weighted by atomic mass is 10.6. The van der Waals surface area contributed by atoms with Crippen LogP contribution in [0.2, 0.25) is 0 Å². The van der Waals surface area contributed by atoms with Crippen molar-refractivity contribution in [2.75, 3.05) is 4.43 Å². The number of hydrogen-bond acceptors (Lipinski definition) is 1. The molecule has 0 radical (unpaired) electrons. The molecule has 0 fully saturated rings. The zero-order chi connectivity index (χ0) is 4.28. The lowest BCUT2D eigenvalue weighted by Crippen LogP contribution is -1.81. The van der Waals surface area contributed by atoms with Gasteiger partial charge in [-0.05, 0) is 11.8 Å². The topological polar surface area (TPSA) is 0 Å². The highest BCUT2D eigenvalue weighted by atomic mass is 127. The van der Waals surface area contributed by atoms with Crippen molar-refractivity contribution in [1.29, 1.82) is 0 Å². The van der Waals surface area contributed by atoms with E-state index in [9.17, 15) is 0 Å². The van der Waals surface area contributed by atoms with Crippen molar-refractivity contribution in [3.05, 3.63) is 0 Å². The van der Waals surface area contributed by atoms with Crippen LogP contribution in [0.4, 0.5) is 0 Å². The highest BCUT2D eigenvalue weighted by Gasteiger charge is 1.72. The van der Waals surface area contributed by atoms with Gasteiger partial charge >= 0.3 is 0 Å². The summed E-state index contributed by atoms with van der Waals surface area (Å²) in [5, 5.41) is 0. The maximum atomic E-state index is 4.69. The summed E-state index contributed by atoms with van der Waals surface area (Å²) in [6, 6.07) is 0. The summed E-state index contributed by atoms with van der Waals surface area (Å²) in [5.41, 5.74) is 0. The van der Waals surface area contributed by atoms with Crippen LogP contribution in [0.3, 0.4) is 0 Å². The smallest absolute Gasteiger partial charge is 0.0308 e. The van der Waals surface area contributed by atoms with E-state index in [0.717, 1.165) is 9.29 Å². The van der Waals surface area contributed by atoms with Gasteiger partial charge in [-0.1, -0.05) is 34.8 Å². The molecule has 0 aromatic carbocycles. The van der Waals surface area contributed by atoms with Crippen molar-refractivity contribution < 1.29 is 0 Å². The molecule has 0 unspecified atom stereocenters. The number of hydrogen-bond donors (Lipinski definition) is 0. The van der Waals surface area contributed by atoms with Gasteiger partial charge in [0, 0.05) is 4.43 Å². The minimum Gasteiger partial charge on any atom is -0.0892 e. The first-order valence-corrected chi connectivity index (χ1v) is 3.26. The van der Waals surface area contributed by atoms with Crippen LogP contribution in [0.15, 0.2) is 0 Å². The van der Waals surface area contributed by atoms with Crippen molar-refractivity contribution in [3.63, 3.8) is 0 Å². The van der Waals surface area contributed by atoms with E-state index in [0.29, 0.717) is 0 Å². The van der Waals surface area contributed by atoms with E-state index >= 15 is 0 Å². The van der Waals surface area contributed by atoms with E-state index in [1.807, 2.05) is 6.92 Å². The summed E-state index contributed by atoms with van der Waals surface area (Å²) in [5.74, 6) is 0. The third-order valence-corrected chi connectivity index (χ3v) is 1.99. The van der Waals surface area contributed by atoms with Crippen LogP contribution < -0.4 is 0 Å². The van der Waals surface area contributed by atoms with Gasteiger partial charge in [0.2, 0.25) is 0 Å². The summed E-state index contributed by atoms with van der Waals surface area (Å²) < 4.78 is 1.01. The Morgan fingerprint density at radius 2 is 2.20 bits per heavy atom. The number of alkyl halides is 1. The molecule has 0 saturated carbocycles. The maximum Gasteiger partial charge on any atom is 0.0308 e. The highest BCUT2D eigenvalue weighted by molar-refractivity contribution is 14.1. The Morgan fingerprint density at radius 1 is 2.00 bits per heavy atom. The first-order chi connectivity index (χ1) is 2.27. The molecule has 0 heterocycles. The third kappa shape index (κ3) is 4.82. The van der Waals surface area contributed by atoms with Gasteiger partial charge in [-0.25, -0.2) is 0 Å².